The summed E-state index contributed by atoms with van der Waals surface area (Å²) in [6.45, 7) is 1.83. The Morgan fingerprint density at radius 3 is 2.64 bits per heavy atom. The molecule has 8 heteroatoms. The molecule has 0 amide bonds. The normalized spacial score (nSPS) is 10.9. The monoisotopic (exact) mass is 578 g/mol. The summed E-state index contributed by atoms with van der Waals surface area (Å²) in [5, 5.41) is 12.2. The summed E-state index contributed by atoms with van der Waals surface area (Å²) in [6, 6.07) is 21.4. The van der Waals surface area contributed by atoms with Crippen molar-refractivity contribution in [2.75, 3.05) is 0 Å². The average molecular weight is 578 g/mol. The summed E-state index contributed by atoms with van der Waals surface area (Å²) < 4.78 is 3.02. The number of rotatable bonds is 3. The molecule has 0 aliphatic rings. The van der Waals surface area contributed by atoms with Crippen LogP contribution in [-0.4, -0.2) is 14.5 Å². The number of halogens is 1. The molecule has 0 aliphatic heterocycles. The Balaban J connectivity index is 1.62. The summed E-state index contributed by atoms with van der Waals surface area (Å²) in [7, 11) is 0. The number of pyridine rings is 1. The van der Waals surface area contributed by atoms with Crippen LogP contribution in [0.2, 0.25) is 0 Å². The Bertz CT molecular complexity index is 1680. The number of benzene rings is 2. The Hall–Kier alpha value is -3.13. The Labute approximate surface area is 212 Å². The first-order valence-electron chi connectivity index (χ1n) is 9.97. The van der Waals surface area contributed by atoms with Crippen molar-refractivity contribution in [3.05, 3.63) is 96.0 Å². The molecule has 0 bridgehead atoms. The largest absolute Gasteiger partial charge is 0.345 e. The number of thiophene rings is 1. The van der Waals surface area contributed by atoms with Crippen LogP contribution in [0.1, 0.15) is 11.4 Å². The standard InChI is InChI=1S/C25H15IN4OS2/c1-14-28-21-9-6-16(26)11-19(21)25(31)30(14)17-7-4-15(5-8-17)22-12-18(23-3-2-10-33-23)20(13-27)24(32)29-22/h2-12H,1H3,(H,29,32). The van der Waals surface area contributed by atoms with E-state index in [-0.39, 0.29) is 5.56 Å². The van der Waals surface area contributed by atoms with Crippen molar-refractivity contribution in [1.29, 1.82) is 5.26 Å². The Morgan fingerprint density at radius 2 is 1.94 bits per heavy atom. The van der Waals surface area contributed by atoms with Gasteiger partial charge in [0.05, 0.1) is 22.2 Å². The summed E-state index contributed by atoms with van der Waals surface area (Å²) in [5.41, 5.74) is 4.33. The van der Waals surface area contributed by atoms with Crippen LogP contribution >= 0.6 is 46.1 Å². The van der Waals surface area contributed by atoms with E-state index in [1.165, 1.54) is 0 Å². The van der Waals surface area contributed by atoms with Gasteiger partial charge in [0, 0.05) is 19.7 Å². The highest BCUT2D eigenvalue weighted by atomic mass is 127. The zero-order valence-electron chi connectivity index (χ0n) is 17.3. The summed E-state index contributed by atoms with van der Waals surface area (Å²) in [4.78, 5) is 22.0. The highest BCUT2D eigenvalue weighted by Crippen LogP contribution is 2.32. The number of hydrogen-bond donors (Lipinski definition) is 1. The van der Waals surface area contributed by atoms with Crippen LogP contribution in [-0.2, 0) is 0 Å². The van der Waals surface area contributed by atoms with Crippen LogP contribution in [0.4, 0.5) is 0 Å². The van der Waals surface area contributed by atoms with Crippen LogP contribution in [0.3, 0.4) is 0 Å². The Kier molecular flexibility index (Phi) is 5.70. The minimum Gasteiger partial charge on any atom is -0.345 e. The fraction of sp³-hybridized carbons (Fsp3) is 0.0400. The second kappa shape index (κ2) is 8.67. The molecule has 0 saturated carbocycles. The number of hydrogen-bond acceptors (Lipinski definition) is 5. The number of nitrogens with one attached hydrogen (secondary N) is 1. The third-order valence-corrected chi connectivity index (χ3v) is 7.25. The molecule has 0 atom stereocenters. The molecule has 1 N–H and O–H groups in total. The number of fused-ring (bicyclic) bond motifs is 1. The maximum atomic E-state index is 13.2. The first-order valence-corrected chi connectivity index (χ1v) is 12.3. The maximum absolute atomic E-state index is 13.2. The molecular weight excluding hydrogens is 563 g/mol. The molecule has 3 aromatic heterocycles. The summed E-state index contributed by atoms with van der Waals surface area (Å²) in [6.07, 6.45) is 0. The smallest absolute Gasteiger partial charge is 0.265 e. The van der Waals surface area contributed by atoms with Gasteiger partial charge in [-0.25, -0.2) is 4.98 Å². The van der Waals surface area contributed by atoms with Crippen LogP contribution in [0.15, 0.2) is 70.8 Å². The van der Waals surface area contributed by atoms with Crippen molar-refractivity contribution in [3.8, 4) is 33.5 Å². The lowest BCUT2D eigenvalue weighted by atomic mass is 10.0. The molecule has 0 fully saturated rings. The van der Waals surface area contributed by atoms with Crippen LogP contribution in [0.25, 0.3) is 38.3 Å². The van der Waals surface area contributed by atoms with E-state index in [4.69, 9.17) is 12.2 Å². The van der Waals surface area contributed by atoms with E-state index >= 15 is 0 Å². The van der Waals surface area contributed by atoms with E-state index < -0.39 is 0 Å². The second-order valence-electron chi connectivity index (χ2n) is 7.40. The molecule has 160 valence electrons. The minimum atomic E-state index is -0.0958. The van der Waals surface area contributed by atoms with Crippen LogP contribution < -0.4 is 5.56 Å². The number of nitrogens with zero attached hydrogens (tertiary/aromatic N) is 3. The van der Waals surface area contributed by atoms with Crippen molar-refractivity contribution in [2.24, 2.45) is 0 Å². The van der Waals surface area contributed by atoms with Gasteiger partial charge in [-0.1, -0.05) is 30.4 Å². The molecule has 3 heterocycles. The van der Waals surface area contributed by atoms with Gasteiger partial charge in [0.1, 0.15) is 16.5 Å². The molecule has 0 unspecified atom stereocenters. The van der Waals surface area contributed by atoms with E-state index in [1.54, 1.807) is 15.9 Å². The van der Waals surface area contributed by atoms with Crippen molar-refractivity contribution < 1.29 is 0 Å². The quantitative estimate of drug-likeness (QED) is 0.193. The lowest BCUT2D eigenvalue weighted by Crippen LogP contribution is -2.22. The van der Waals surface area contributed by atoms with Gasteiger partial charge in [-0.2, -0.15) is 5.26 Å². The first-order chi connectivity index (χ1) is 16.0. The molecule has 0 aliphatic carbocycles. The lowest BCUT2D eigenvalue weighted by molar-refractivity contribution is 0.895. The molecule has 0 radical (unpaired) electrons. The highest BCUT2D eigenvalue weighted by Gasteiger charge is 2.13. The molecule has 5 nitrogen and oxygen atoms in total. The van der Waals surface area contributed by atoms with Gasteiger partial charge < -0.3 is 4.98 Å². The van der Waals surface area contributed by atoms with E-state index in [9.17, 15) is 10.1 Å². The zero-order valence-corrected chi connectivity index (χ0v) is 21.1. The minimum absolute atomic E-state index is 0.0958. The van der Waals surface area contributed by atoms with Gasteiger partial charge in [0.2, 0.25) is 0 Å². The predicted molar refractivity (Wildman–Crippen MR) is 143 cm³/mol. The number of aryl methyl sites for hydroxylation is 1. The lowest BCUT2D eigenvalue weighted by Gasteiger charge is -2.12. The summed E-state index contributed by atoms with van der Waals surface area (Å²) >= 11 is 9.23. The third-order valence-electron chi connectivity index (χ3n) is 5.37. The fourth-order valence-corrected chi connectivity index (χ4v) is 5.32. The topological polar surface area (TPSA) is 74.5 Å². The van der Waals surface area contributed by atoms with Gasteiger partial charge in [0.15, 0.2) is 0 Å². The molecule has 5 aromatic rings. The van der Waals surface area contributed by atoms with Crippen molar-refractivity contribution in [3.63, 3.8) is 0 Å². The molecule has 2 aromatic carbocycles. The number of aromatic nitrogens is 3. The Morgan fingerprint density at radius 1 is 1.15 bits per heavy atom. The average Bonchev–Trinajstić information content (AvgIpc) is 3.34. The summed E-state index contributed by atoms with van der Waals surface area (Å²) in [5.74, 6) is 0.624. The van der Waals surface area contributed by atoms with E-state index in [2.05, 4.69) is 38.6 Å². The highest BCUT2D eigenvalue weighted by molar-refractivity contribution is 14.1. The SMILES string of the molecule is Cc1nc2ccc(I)cc2c(=O)n1-c1ccc(-c2cc(-c3cccs3)c(C#N)c(=S)[nH]2)cc1. The maximum Gasteiger partial charge on any atom is 0.265 e. The number of aromatic amines is 1. The first kappa shape index (κ1) is 21.7. The van der Waals surface area contributed by atoms with Crippen molar-refractivity contribution >= 4 is 57.0 Å². The van der Waals surface area contributed by atoms with E-state index in [1.807, 2.05) is 73.0 Å². The van der Waals surface area contributed by atoms with Gasteiger partial charge in [-0.05, 0) is 82.9 Å². The van der Waals surface area contributed by atoms with Gasteiger partial charge in [-0.3, -0.25) is 9.36 Å². The number of H-pyrrole nitrogens is 1. The van der Waals surface area contributed by atoms with Gasteiger partial charge >= 0.3 is 0 Å². The van der Waals surface area contributed by atoms with E-state index in [0.29, 0.717) is 26.9 Å². The van der Waals surface area contributed by atoms with Crippen molar-refractivity contribution in [2.45, 2.75) is 6.92 Å². The zero-order chi connectivity index (χ0) is 23.1. The van der Waals surface area contributed by atoms with Crippen LogP contribution in [0.5, 0.6) is 0 Å². The van der Waals surface area contributed by atoms with E-state index in [0.717, 1.165) is 31.0 Å². The molecule has 0 saturated heterocycles. The number of nitriles is 1. The molecular formula is C25H15IN4OS2. The second-order valence-corrected chi connectivity index (χ2v) is 10.00. The van der Waals surface area contributed by atoms with Crippen molar-refractivity contribution in [1.82, 2.24) is 14.5 Å². The van der Waals surface area contributed by atoms with Gasteiger partial charge in [0.25, 0.3) is 5.56 Å². The van der Waals surface area contributed by atoms with Gasteiger partial charge in [-0.15, -0.1) is 11.3 Å². The van der Waals surface area contributed by atoms with Crippen LogP contribution in [0, 0.1) is 26.5 Å². The molecule has 5 rings (SSSR count). The fourth-order valence-electron chi connectivity index (χ4n) is 3.82. The third kappa shape index (κ3) is 3.93. The predicted octanol–water partition coefficient (Wildman–Crippen LogP) is 6.62. The molecule has 33 heavy (non-hydrogen) atoms. The molecule has 0 spiro atoms.